The van der Waals surface area contributed by atoms with Crippen molar-refractivity contribution in [2.75, 3.05) is 13.2 Å². The average molecular weight is 374 g/mol. The number of ether oxygens (including phenoxy) is 5. The van der Waals surface area contributed by atoms with Crippen LogP contribution in [0.25, 0.3) is 0 Å². The zero-order valence-electron chi connectivity index (χ0n) is 15.2. The molecular formula is C17H26O9. The lowest BCUT2D eigenvalue weighted by atomic mass is 9.98. The Hall–Kier alpha value is -1.97. The summed E-state index contributed by atoms with van der Waals surface area (Å²) in [6.07, 6.45) is -2.80. The van der Waals surface area contributed by atoms with Crippen molar-refractivity contribution in [1.29, 1.82) is 0 Å². The van der Waals surface area contributed by atoms with E-state index >= 15 is 0 Å². The maximum atomic E-state index is 11.4. The molecule has 0 saturated carbocycles. The molecular weight excluding hydrogens is 348 g/mol. The van der Waals surface area contributed by atoms with Crippen molar-refractivity contribution in [2.45, 2.75) is 64.3 Å². The fraction of sp³-hybridized carbons (Fsp3) is 0.706. The predicted octanol–water partition coefficient (Wildman–Crippen LogP) is 0.482. The highest BCUT2D eigenvalue weighted by molar-refractivity contribution is 5.67. The topological polar surface area (TPSA) is 118 Å². The number of hydrogen-bond acceptors (Lipinski definition) is 9. The maximum absolute atomic E-state index is 11.4. The van der Waals surface area contributed by atoms with Crippen molar-refractivity contribution in [1.82, 2.24) is 0 Å². The van der Waals surface area contributed by atoms with Crippen LogP contribution in [0.5, 0.6) is 0 Å². The van der Waals surface area contributed by atoms with Gasteiger partial charge in [0.05, 0.1) is 6.61 Å². The molecule has 9 nitrogen and oxygen atoms in total. The lowest BCUT2D eigenvalue weighted by Gasteiger charge is -2.42. The Morgan fingerprint density at radius 2 is 1.69 bits per heavy atom. The Morgan fingerprint density at radius 3 is 2.23 bits per heavy atom. The molecule has 1 heterocycles. The highest BCUT2D eigenvalue weighted by Crippen LogP contribution is 2.27. The van der Waals surface area contributed by atoms with Gasteiger partial charge in [0.2, 0.25) is 0 Å². The maximum Gasteiger partial charge on any atom is 0.303 e. The molecule has 1 aliphatic rings. The lowest BCUT2D eigenvalue weighted by Crippen LogP contribution is -2.61. The van der Waals surface area contributed by atoms with Crippen LogP contribution in [-0.2, 0) is 38.1 Å². The van der Waals surface area contributed by atoms with Gasteiger partial charge < -0.3 is 28.8 Å². The number of allylic oxidation sites excluding steroid dienone is 1. The third-order valence-electron chi connectivity index (χ3n) is 3.50. The molecule has 0 aromatic rings. The number of aliphatic hydroxyl groups is 1. The summed E-state index contributed by atoms with van der Waals surface area (Å²) in [4.78, 5) is 33.9. The van der Waals surface area contributed by atoms with Crippen molar-refractivity contribution in [3.8, 4) is 0 Å². The smallest absolute Gasteiger partial charge is 0.303 e. The van der Waals surface area contributed by atoms with Crippen LogP contribution >= 0.6 is 0 Å². The molecule has 148 valence electrons. The molecule has 0 aliphatic carbocycles. The molecule has 1 saturated heterocycles. The quantitative estimate of drug-likeness (QED) is 0.266. The van der Waals surface area contributed by atoms with Crippen LogP contribution < -0.4 is 0 Å². The van der Waals surface area contributed by atoms with Gasteiger partial charge in [-0.2, -0.15) is 0 Å². The molecule has 5 atom stereocenters. The van der Waals surface area contributed by atoms with Gasteiger partial charge in [-0.25, -0.2) is 0 Å². The summed E-state index contributed by atoms with van der Waals surface area (Å²) in [6.45, 7) is 7.15. The first-order valence-corrected chi connectivity index (χ1v) is 8.30. The van der Waals surface area contributed by atoms with Gasteiger partial charge in [0.15, 0.2) is 18.5 Å². The average Bonchev–Trinajstić information content (AvgIpc) is 2.54. The zero-order chi connectivity index (χ0) is 19.7. The molecule has 0 aromatic carbocycles. The number of esters is 3. The number of carbonyl (C=O) groups excluding carboxylic acids is 3. The van der Waals surface area contributed by atoms with Crippen molar-refractivity contribution in [3.63, 3.8) is 0 Å². The SMILES string of the molecule is C=CCCCO[C@H]1O[C@H](COC(C)=O)[C@@H](OC(C)=O)[C@H](OC(C)=O)[C@H]1O. The summed E-state index contributed by atoms with van der Waals surface area (Å²) in [7, 11) is 0. The second kappa shape index (κ2) is 10.9. The molecule has 0 aromatic heterocycles. The summed E-state index contributed by atoms with van der Waals surface area (Å²) in [5.41, 5.74) is 0. The Bertz CT molecular complexity index is 504. The summed E-state index contributed by atoms with van der Waals surface area (Å²) in [5.74, 6) is -1.90. The first kappa shape index (κ1) is 22.1. The van der Waals surface area contributed by atoms with Crippen LogP contribution in [0.15, 0.2) is 12.7 Å². The molecule has 0 spiro atoms. The van der Waals surface area contributed by atoms with E-state index in [1.807, 2.05) is 0 Å². The largest absolute Gasteiger partial charge is 0.463 e. The minimum atomic E-state index is -1.39. The van der Waals surface area contributed by atoms with E-state index in [1.165, 1.54) is 6.92 Å². The van der Waals surface area contributed by atoms with Crippen molar-refractivity contribution in [3.05, 3.63) is 12.7 Å². The summed E-state index contributed by atoms with van der Waals surface area (Å²) >= 11 is 0. The van der Waals surface area contributed by atoms with Gasteiger partial charge in [-0.15, -0.1) is 6.58 Å². The normalized spacial score (nSPS) is 28.1. The van der Waals surface area contributed by atoms with Crippen molar-refractivity contribution < 1.29 is 43.2 Å². The standard InChI is InChI=1S/C17H26O9/c1-5-6-7-8-22-17-14(21)16(25-12(4)20)15(24-11(3)19)13(26-17)9-23-10(2)18/h5,13-17,21H,1,6-9H2,2-4H3/t13-,14-,15-,16-,17+/m1/s1. The first-order chi connectivity index (χ1) is 12.3. The molecule has 0 unspecified atom stereocenters. The van der Waals surface area contributed by atoms with Gasteiger partial charge >= 0.3 is 17.9 Å². The van der Waals surface area contributed by atoms with Gasteiger partial charge in [0.25, 0.3) is 0 Å². The van der Waals surface area contributed by atoms with Crippen LogP contribution in [0.4, 0.5) is 0 Å². The van der Waals surface area contributed by atoms with Crippen LogP contribution in [-0.4, -0.2) is 66.9 Å². The number of hydrogen-bond donors (Lipinski definition) is 1. The monoisotopic (exact) mass is 374 g/mol. The van der Waals surface area contributed by atoms with Crippen molar-refractivity contribution >= 4 is 17.9 Å². The molecule has 9 heteroatoms. The highest BCUT2D eigenvalue weighted by Gasteiger charge is 2.50. The molecule has 1 fully saturated rings. The summed E-state index contributed by atoms with van der Waals surface area (Å²) in [5, 5.41) is 10.5. The third-order valence-corrected chi connectivity index (χ3v) is 3.50. The Labute approximate surface area is 152 Å². The van der Waals surface area contributed by atoms with Gasteiger partial charge in [-0.05, 0) is 12.8 Å². The molecule has 0 radical (unpaired) electrons. The summed E-state index contributed by atoms with van der Waals surface area (Å²) in [6, 6.07) is 0. The number of carbonyl (C=O) groups is 3. The second-order valence-electron chi connectivity index (χ2n) is 5.79. The minimum Gasteiger partial charge on any atom is -0.463 e. The molecule has 0 bridgehead atoms. The highest BCUT2D eigenvalue weighted by atomic mass is 16.7. The van der Waals surface area contributed by atoms with E-state index in [9.17, 15) is 19.5 Å². The third kappa shape index (κ3) is 7.11. The van der Waals surface area contributed by atoms with E-state index < -0.39 is 48.6 Å². The number of unbranched alkanes of at least 4 members (excludes halogenated alkanes) is 1. The Balaban J connectivity index is 2.95. The van der Waals surface area contributed by atoms with E-state index in [0.29, 0.717) is 12.8 Å². The van der Waals surface area contributed by atoms with Crippen LogP contribution in [0.2, 0.25) is 0 Å². The summed E-state index contributed by atoms with van der Waals surface area (Å²) < 4.78 is 26.3. The van der Waals surface area contributed by atoms with Gasteiger partial charge in [-0.1, -0.05) is 6.08 Å². The van der Waals surface area contributed by atoms with Gasteiger partial charge in [-0.3, -0.25) is 14.4 Å². The van der Waals surface area contributed by atoms with Gasteiger partial charge in [0, 0.05) is 20.8 Å². The van der Waals surface area contributed by atoms with E-state index in [-0.39, 0.29) is 13.2 Å². The minimum absolute atomic E-state index is 0.260. The lowest BCUT2D eigenvalue weighted by molar-refractivity contribution is -0.305. The van der Waals surface area contributed by atoms with Gasteiger partial charge in [0.1, 0.15) is 18.8 Å². The van der Waals surface area contributed by atoms with E-state index in [4.69, 9.17) is 23.7 Å². The Kier molecular flexibility index (Phi) is 9.25. The number of rotatable bonds is 9. The predicted molar refractivity (Wildman–Crippen MR) is 87.8 cm³/mol. The Morgan fingerprint density at radius 1 is 1.08 bits per heavy atom. The molecule has 1 N–H and O–H groups in total. The van der Waals surface area contributed by atoms with E-state index in [0.717, 1.165) is 13.8 Å². The van der Waals surface area contributed by atoms with E-state index in [2.05, 4.69) is 6.58 Å². The van der Waals surface area contributed by atoms with Crippen LogP contribution in [0.1, 0.15) is 33.6 Å². The molecule has 1 aliphatic heterocycles. The number of aliphatic hydroxyl groups excluding tert-OH is 1. The first-order valence-electron chi connectivity index (χ1n) is 8.30. The van der Waals surface area contributed by atoms with Crippen LogP contribution in [0, 0.1) is 0 Å². The molecule has 1 rings (SSSR count). The van der Waals surface area contributed by atoms with Crippen LogP contribution in [0.3, 0.4) is 0 Å². The fourth-order valence-corrected chi connectivity index (χ4v) is 2.45. The van der Waals surface area contributed by atoms with Crippen molar-refractivity contribution in [2.24, 2.45) is 0 Å². The molecule has 0 amide bonds. The zero-order valence-corrected chi connectivity index (χ0v) is 15.2. The fourth-order valence-electron chi connectivity index (χ4n) is 2.45. The van der Waals surface area contributed by atoms with E-state index in [1.54, 1.807) is 6.08 Å². The second-order valence-corrected chi connectivity index (χ2v) is 5.79. The molecule has 26 heavy (non-hydrogen) atoms.